The summed E-state index contributed by atoms with van der Waals surface area (Å²) in [6.45, 7) is 2.63. The molecule has 0 aliphatic carbocycles. The highest BCUT2D eigenvalue weighted by atomic mass is 32.1. The second-order valence-electron chi connectivity index (χ2n) is 4.54. The molecule has 0 unspecified atom stereocenters. The molecule has 6 heteroatoms. The number of aryl methyl sites for hydroxylation is 1. The number of phenols is 1. The van der Waals surface area contributed by atoms with Gasteiger partial charge in [-0.3, -0.25) is 10.2 Å². The van der Waals surface area contributed by atoms with Gasteiger partial charge in [-0.2, -0.15) is 0 Å². The van der Waals surface area contributed by atoms with Gasteiger partial charge in [0.25, 0.3) is 5.91 Å². The summed E-state index contributed by atoms with van der Waals surface area (Å²) in [6.07, 6.45) is 0. The van der Waals surface area contributed by atoms with Crippen LogP contribution in [0.3, 0.4) is 0 Å². The van der Waals surface area contributed by atoms with Crippen LogP contribution in [-0.4, -0.2) is 18.1 Å². The van der Waals surface area contributed by atoms with E-state index >= 15 is 0 Å². The predicted molar refractivity (Wildman–Crippen MR) is 80.9 cm³/mol. The molecule has 0 aliphatic rings. The smallest absolute Gasteiger partial charge is 0.275 e. The minimum Gasteiger partial charge on any atom is -0.508 e. The molecule has 2 aromatic rings. The minimum absolute atomic E-state index is 0.236. The van der Waals surface area contributed by atoms with Gasteiger partial charge in [0.05, 0.1) is 4.88 Å². The number of thiophene rings is 1. The maximum absolute atomic E-state index is 11.5. The van der Waals surface area contributed by atoms with Crippen LogP contribution in [0.4, 0.5) is 5.69 Å². The van der Waals surface area contributed by atoms with E-state index in [0.29, 0.717) is 11.4 Å². The van der Waals surface area contributed by atoms with Crippen molar-refractivity contribution in [3.63, 3.8) is 0 Å². The van der Waals surface area contributed by atoms with Crippen LogP contribution in [0.15, 0.2) is 30.3 Å². The Bertz CT molecular complexity index is 625. The number of benzene rings is 1. The predicted octanol–water partition coefficient (Wildman–Crippen LogP) is 2.00. The van der Waals surface area contributed by atoms with Crippen LogP contribution >= 0.6 is 11.3 Å². The van der Waals surface area contributed by atoms with Crippen LogP contribution in [0.2, 0.25) is 0 Å². The van der Waals surface area contributed by atoms with Crippen molar-refractivity contribution >= 4 is 22.9 Å². The third-order valence-corrected chi connectivity index (χ3v) is 4.15. The Morgan fingerprint density at radius 3 is 2.85 bits per heavy atom. The molecule has 106 valence electrons. The summed E-state index contributed by atoms with van der Waals surface area (Å²) in [4.78, 5) is 15.2. The van der Waals surface area contributed by atoms with Crippen molar-refractivity contribution in [3.05, 3.63) is 45.6 Å². The fourth-order valence-corrected chi connectivity index (χ4v) is 2.87. The summed E-state index contributed by atoms with van der Waals surface area (Å²) in [7, 11) is 1.94. The topological polar surface area (TPSA) is 78.6 Å². The van der Waals surface area contributed by atoms with E-state index in [1.54, 1.807) is 18.2 Å². The van der Waals surface area contributed by atoms with Crippen molar-refractivity contribution in [2.45, 2.75) is 13.5 Å². The summed E-state index contributed by atoms with van der Waals surface area (Å²) >= 11 is 1.42. The summed E-state index contributed by atoms with van der Waals surface area (Å²) in [6, 6.07) is 8.91. The van der Waals surface area contributed by atoms with Crippen molar-refractivity contribution in [3.8, 4) is 5.75 Å². The fourth-order valence-electron chi connectivity index (χ4n) is 1.94. The molecule has 0 radical (unpaired) electrons. The number of anilines is 1. The van der Waals surface area contributed by atoms with Crippen LogP contribution in [-0.2, 0) is 6.54 Å². The number of nitrogen functional groups attached to an aromatic ring is 1. The lowest BCUT2D eigenvalue weighted by Gasteiger charge is -2.19. The number of amides is 1. The molecule has 2 rings (SSSR count). The maximum atomic E-state index is 11.5. The fraction of sp³-hybridized carbons (Fsp3) is 0.214. The lowest BCUT2D eigenvalue weighted by atomic mass is 10.2. The van der Waals surface area contributed by atoms with E-state index in [2.05, 4.69) is 5.43 Å². The molecule has 0 spiro atoms. The number of carbonyl (C=O) groups excluding carboxylic acids is 1. The van der Waals surface area contributed by atoms with Gasteiger partial charge in [-0.1, -0.05) is 6.07 Å². The number of nitrogens with zero attached hydrogens (tertiary/aromatic N) is 1. The Morgan fingerprint density at radius 2 is 2.20 bits per heavy atom. The standard InChI is InChI=1S/C14H17N3O2S/c1-9-10(6-13(20-9)14(19)16-15)8-17(2)11-4-3-5-12(18)7-11/h3-7,18H,8,15H2,1-2H3,(H,16,19). The molecule has 1 aromatic heterocycles. The van der Waals surface area contributed by atoms with Gasteiger partial charge in [0, 0.05) is 30.2 Å². The third kappa shape index (κ3) is 3.09. The summed E-state index contributed by atoms with van der Waals surface area (Å²) < 4.78 is 0. The average Bonchev–Trinajstić information content (AvgIpc) is 2.79. The van der Waals surface area contributed by atoms with Crippen LogP contribution in [0, 0.1) is 6.92 Å². The van der Waals surface area contributed by atoms with E-state index in [-0.39, 0.29) is 11.7 Å². The molecular weight excluding hydrogens is 274 g/mol. The van der Waals surface area contributed by atoms with Crippen LogP contribution in [0.5, 0.6) is 5.75 Å². The van der Waals surface area contributed by atoms with Gasteiger partial charge in [0.1, 0.15) is 5.75 Å². The van der Waals surface area contributed by atoms with Gasteiger partial charge in [0.15, 0.2) is 0 Å². The van der Waals surface area contributed by atoms with Gasteiger partial charge in [-0.05, 0) is 30.7 Å². The molecule has 0 atom stereocenters. The zero-order valence-electron chi connectivity index (χ0n) is 11.4. The Morgan fingerprint density at radius 1 is 1.45 bits per heavy atom. The second-order valence-corrected chi connectivity index (χ2v) is 5.80. The lowest BCUT2D eigenvalue weighted by molar-refractivity contribution is 0.0957. The minimum atomic E-state index is -0.274. The van der Waals surface area contributed by atoms with Gasteiger partial charge in [0.2, 0.25) is 0 Å². The highest BCUT2D eigenvalue weighted by molar-refractivity contribution is 7.14. The van der Waals surface area contributed by atoms with E-state index in [4.69, 9.17) is 5.84 Å². The van der Waals surface area contributed by atoms with Crippen LogP contribution in [0.25, 0.3) is 0 Å². The summed E-state index contributed by atoms with van der Waals surface area (Å²) in [5.41, 5.74) is 4.13. The van der Waals surface area contributed by atoms with Crippen LogP contribution in [0.1, 0.15) is 20.1 Å². The van der Waals surface area contributed by atoms with Gasteiger partial charge >= 0.3 is 0 Å². The monoisotopic (exact) mass is 291 g/mol. The molecule has 4 N–H and O–H groups in total. The van der Waals surface area contributed by atoms with Gasteiger partial charge in [-0.25, -0.2) is 5.84 Å². The molecule has 5 nitrogen and oxygen atoms in total. The molecular formula is C14H17N3O2S. The van der Waals surface area contributed by atoms with E-state index in [1.807, 2.05) is 31.0 Å². The highest BCUT2D eigenvalue weighted by Gasteiger charge is 2.13. The first-order valence-corrected chi connectivity index (χ1v) is 6.93. The Balaban J connectivity index is 2.17. The number of hydrogen-bond donors (Lipinski definition) is 3. The van der Waals surface area contributed by atoms with Crippen molar-refractivity contribution in [2.24, 2.45) is 5.84 Å². The first-order valence-electron chi connectivity index (χ1n) is 6.11. The molecule has 0 aliphatic heterocycles. The summed E-state index contributed by atoms with van der Waals surface area (Å²) in [5, 5.41) is 9.50. The molecule has 1 heterocycles. The number of nitrogens with two attached hydrogens (primary N) is 1. The molecule has 1 aromatic carbocycles. The highest BCUT2D eigenvalue weighted by Crippen LogP contribution is 2.25. The normalized spacial score (nSPS) is 10.3. The Hall–Kier alpha value is -2.05. The van der Waals surface area contributed by atoms with Gasteiger partial charge in [-0.15, -0.1) is 11.3 Å². The molecule has 0 fully saturated rings. The number of carbonyl (C=O) groups is 1. The van der Waals surface area contributed by atoms with Gasteiger partial charge < -0.3 is 10.0 Å². The number of nitrogens with one attached hydrogen (secondary N) is 1. The molecule has 1 amide bonds. The van der Waals surface area contributed by atoms with Crippen molar-refractivity contribution < 1.29 is 9.90 Å². The maximum Gasteiger partial charge on any atom is 0.275 e. The zero-order chi connectivity index (χ0) is 14.7. The largest absolute Gasteiger partial charge is 0.508 e. The van der Waals surface area contributed by atoms with Crippen molar-refractivity contribution in [2.75, 3.05) is 11.9 Å². The Labute approximate surface area is 121 Å². The van der Waals surface area contributed by atoms with Crippen molar-refractivity contribution in [1.29, 1.82) is 0 Å². The number of phenolic OH excluding ortho intramolecular Hbond substituents is 1. The quantitative estimate of drug-likeness (QED) is 0.457. The molecule has 20 heavy (non-hydrogen) atoms. The zero-order valence-corrected chi connectivity index (χ0v) is 12.2. The van der Waals surface area contributed by atoms with Crippen molar-refractivity contribution in [1.82, 2.24) is 5.43 Å². The second kappa shape index (κ2) is 5.94. The molecule has 0 saturated carbocycles. The number of hydrogen-bond acceptors (Lipinski definition) is 5. The molecule has 0 bridgehead atoms. The number of rotatable bonds is 4. The first kappa shape index (κ1) is 14.4. The van der Waals surface area contributed by atoms with E-state index in [1.165, 1.54) is 11.3 Å². The Kier molecular flexibility index (Phi) is 4.26. The number of hydrazine groups is 1. The van der Waals surface area contributed by atoms with E-state index in [0.717, 1.165) is 16.1 Å². The van der Waals surface area contributed by atoms with E-state index < -0.39 is 0 Å². The van der Waals surface area contributed by atoms with E-state index in [9.17, 15) is 9.90 Å². The molecule has 0 saturated heterocycles. The average molecular weight is 291 g/mol. The first-order chi connectivity index (χ1) is 9.51. The number of aromatic hydroxyl groups is 1. The lowest BCUT2D eigenvalue weighted by Crippen LogP contribution is -2.29. The third-order valence-electron chi connectivity index (χ3n) is 3.05. The SMILES string of the molecule is Cc1sc(C(=O)NN)cc1CN(C)c1cccc(O)c1. The summed E-state index contributed by atoms with van der Waals surface area (Å²) in [5.74, 6) is 5.10. The van der Waals surface area contributed by atoms with Crippen LogP contribution < -0.4 is 16.2 Å².